The molecule has 1 aliphatic carbocycles. The van der Waals surface area contributed by atoms with Crippen LogP contribution in [0.2, 0.25) is 0 Å². The predicted octanol–water partition coefficient (Wildman–Crippen LogP) is 13.4. The second kappa shape index (κ2) is 11.4. The van der Waals surface area contributed by atoms with Gasteiger partial charge in [0, 0.05) is 22.2 Å². The summed E-state index contributed by atoms with van der Waals surface area (Å²) < 4.78 is 0. The van der Waals surface area contributed by atoms with E-state index < -0.39 is 0 Å². The number of fused-ring (bicyclic) bond motifs is 6. The van der Waals surface area contributed by atoms with Gasteiger partial charge < -0.3 is 4.90 Å². The molecule has 0 fully saturated rings. The highest BCUT2D eigenvalue weighted by Crippen LogP contribution is 2.51. The lowest BCUT2D eigenvalue weighted by Crippen LogP contribution is -2.17. The lowest BCUT2D eigenvalue weighted by atomic mass is 9.82. The highest BCUT2D eigenvalue weighted by Gasteiger charge is 2.36. The highest BCUT2D eigenvalue weighted by molar-refractivity contribution is 6.14. The summed E-state index contributed by atoms with van der Waals surface area (Å²) >= 11 is 0. The average Bonchev–Trinajstić information content (AvgIpc) is 3.37. The molecule has 1 nitrogen and oxygen atoms in total. The number of aryl methyl sites for hydroxylation is 1. The van der Waals surface area contributed by atoms with Gasteiger partial charge in [0.15, 0.2) is 0 Å². The van der Waals surface area contributed by atoms with Gasteiger partial charge in [-0.15, -0.1) is 0 Å². The third kappa shape index (κ3) is 4.85. The Bertz CT molecular complexity index is 2520. The summed E-state index contributed by atoms with van der Waals surface area (Å²) in [7, 11) is 0. The van der Waals surface area contributed by atoms with Crippen molar-refractivity contribution in [1.29, 1.82) is 0 Å². The molecule has 0 amide bonds. The first kappa shape index (κ1) is 29.2. The molecule has 49 heavy (non-hydrogen) atoms. The van der Waals surface area contributed by atoms with E-state index in [0.717, 1.165) is 11.4 Å². The van der Waals surface area contributed by atoms with Crippen LogP contribution in [-0.2, 0) is 5.41 Å². The van der Waals surface area contributed by atoms with Gasteiger partial charge in [0.05, 0.1) is 5.69 Å². The standard InChI is InChI=1S/C48H37N/c1-32-20-26-42-43-27-25-39(31-46(43)48(2,3)45(42)28-32)49(47-30-37-14-7-8-17-40(37)41-18-9-10-19-44(41)47)38-23-21-34(22-24-38)36-16-11-15-35(29-36)33-12-5-4-6-13-33/h4-31H,1-3H3. The molecule has 0 atom stereocenters. The fourth-order valence-corrected chi connectivity index (χ4v) is 7.94. The van der Waals surface area contributed by atoms with Gasteiger partial charge >= 0.3 is 0 Å². The minimum Gasteiger partial charge on any atom is -0.310 e. The molecule has 8 aromatic carbocycles. The van der Waals surface area contributed by atoms with E-state index in [1.807, 2.05) is 0 Å². The van der Waals surface area contributed by atoms with E-state index in [2.05, 4.69) is 196 Å². The fourth-order valence-electron chi connectivity index (χ4n) is 7.94. The Kier molecular flexibility index (Phi) is 6.78. The van der Waals surface area contributed by atoms with Crippen LogP contribution in [0.5, 0.6) is 0 Å². The maximum atomic E-state index is 2.46. The quantitative estimate of drug-likeness (QED) is 0.172. The van der Waals surface area contributed by atoms with Crippen molar-refractivity contribution < 1.29 is 0 Å². The lowest BCUT2D eigenvalue weighted by Gasteiger charge is -2.29. The minimum absolute atomic E-state index is 0.0998. The Morgan fingerprint density at radius 2 is 0.980 bits per heavy atom. The summed E-state index contributed by atoms with van der Waals surface area (Å²) in [6, 6.07) is 62.5. The van der Waals surface area contributed by atoms with E-state index in [1.54, 1.807) is 0 Å². The molecule has 0 N–H and O–H groups in total. The zero-order chi connectivity index (χ0) is 33.1. The number of anilines is 3. The van der Waals surface area contributed by atoms with Crippen molar-refractivity contribution in [3.63, 3.8) is 0 Å². The molecule has 8 aromatic rings. The van der Waals surface area contributed by atoms with Gasteiger partial charge in [0.25, 0.3) is 0 Å². The van der Waals surface area contributed by atoms with Crippen LogP contribution in [0.15, 0.2) is 170 Å². The summed E-state index contributed by atoms with van der Waals surface area (Å²) in [5.74, 6) is 0. The van der Waals surface area contributed by atoms with Crippen LogP contribution in [-0.4, -0.2) is 0 Å². The van der Waals surface area contributed by atoms with Crippen LogP contribution < -0.4 is 4.90 Å². The number of hydrogen-bond donors (Lipinski definition) is 0. The summed E-state index contributed by atoms with van der Waals surface area (Å²) in [6.07, 6.45) is 0. The van der Waals surface area contributed by atoms with Crippen LogP contribution in [0.1, 0.15) is 30.5 Å². The first-order valence-electron chi connectivity index (χ1n) is 17.2. The third-order valence-electron chi connectivity index (χ3n) is 10.5. The summed E-state index contributed by atoms with van der Waals surface area (Å²) in [6.45, 7) is 6.93. The van der Waals surface area contributed by atoms with E-state index >= 15 is 0 Å². The topological polar surface area (TPSA) is 3.24 Å². The normalized spacial score (nSPS) is 13.0. The van der Waals surface area contributed by atoms with Crippen molar-refractivity contribution in [2.45, 2.75) is 26.2 Å². The number of hydrogen-bond acceptors (Lipinski definition) is 1. The maximum Gasteiger partial charge on any atom is 0.0546 e. The van der Waals surface area contributed by atoms with E-state index in [-0.39, 0.29) is 5.41 Å². The van der Waals surface area contributed by atoms with E-state index in [9.17, 15) is 0 Å². The molecule has 0 bridgehead atoms. The number of benzene rings is 8. The SMILES string of the molecule is Cc1ccc2c(c1)C(C)(C)c1cc(N(c3ccc(-c4cccc(-c5ccccc5)c4)cc3)c3cc4ccccc4c4ccccc34)ccc1-2. The first-order chi connectivity index (χ1) is 24.0. The highest BCUT2D eigenvalue weighted by atomic mass is 15.1. The molecule has 0 saturated heterocycles. The van der Waals surface area contributed by atoms with Crippen molar-refractivity contribution >= 4 is 38.6 Å². The molecule has 0 heterocycles. The largest absolute Gasteiger partial charge is 0.310 e. The second-order valence-electron chi connectivity index (χ2n) is 13.9. The average molecular weight is 628 g/mol. The Labute approximate surface area is 288 Å². The molecule has 1 aliphatic rings. The first-order valence-corrected chi connectivity index (χ1v) is 17.2. The fraction of sp³-hybridized carbons (Fsp3) is 0.0833. The smallest absolute Gasteiger partial charge is 0.0546 e. The van der Waals surface area contributed by atoms with Crippen molar-refractivity contribution in [2.24, 2.45) is 0 Å². The monoisotopic (exact) mass is 627 g/mol. The Morgan fingerprint density at radius 3 is 1.73 bits per heavy atom. The van der Waals surface area contributed by atoms with Crippen LogP contribution in [0, 0.1) is 6.92 Å². The summed E-state index contributed by atoms with van der Waals surface area (Å²) in [4.78, 5) is 2.46. The van der Waals surface area contributed by atoms with Crippen molar-refractivity contribution in [3.05, 3.63) is 187 Å². The van der Waals surface area contributed by atoms with Crippen molar-refractivity contribution in [2.75, 3.05) is 4.90 Å². The van der Waals surface area contributed by atoms with E-state index in [1.165, 1.54) is 77.3 Å². The van der Waals surface area contributed by atoms with Crippen LogP contribution >= 0.6 is 0 Å². The summed E-state index contributed by atoms with van der Waals surface area (Å²) in [5, 5.41) is 5.01. The third-order valence-corrected chi connectivity index (χ3v) is 10.5. The van der Waals surface area contributed by atoms with Gasteiger partial charge in [-0.05, 0) is 104 Å². The minimum atomic E-state index is -0.0998. The number of rotatable bonds is 5. The van der Waals surface area contributed by atoms with Crippen molar-refractivity contribution in [1.82, 2.24) is 0 Å². The van der Waals surface area contributed by atoms with Crippen LogP contribution in [0.3, 0.4) is 0 Å². The van der Waals surface area contributed by atoms with Gasteiger partial charge in [0.1, 0.15) is 0 Å². The molecule has 234 valence electrons. The molecule has 1 heteroatoms. The van der Waals surface area contributed by atoms with Gasteiger partial charge in [-0.1, -0.05) is 153 Å². The van der Waals surface area contributed by atoms with Gasteiger partial charge in [0.2, 0.25) is 0 Å². The Morgan fingerprint density at radius 1 is 0.408 bits per heavy atom. The van der Waals surface area contributed by atoms with Gasteiger partial charge in [-0.25, -0.2) is 0 Å². The molecule has 0 spiro atoms. The zero-order valence-electron chi connectivity index (χ0n) is 28.1. The molecule has 9 rings (SSSR count). The molecule has 0 radical (unpaired) electrons. The second-order valence-corrected chi connectivity index (χ2v) is 13.9. The molecule has 0 aliphatic heterocycles. The zero-order valence-corrected chi connectivity index (χ0v) is 28.1. The van der Waals surface area contributed by atoms with E-state index in [4.69, 9.17) is 0 Å². The van der Waals surface area contributed by atoms with Gasteiger partial charge in [-0.3, -0.25) is 0 Å². The summed E-state index contributed by atoms with van der Waals surface area (Å²) in [5.41, 5.74) is 15.0. The molecule has 0 unspecified atom stereocenters. The molecule has 0 aromatic heterocycles. The van der Waals surface area contributed by atoms with Crippen LogP contribution in [0.25, 0.3) is 54.9 Å². The van der Waals surface area contributed by atoms with E-state index in [0.29, 0.717) is 0 Å². The predicted molar refractivity (Wildman–Crippen MR) is 209 cm³/mol. The molecular formula is C48H37N. The lowest BCUT2D eigenvalue weighted by molar-refractivity contribution is 0.660. The molecule has 0 saturated carbocycles. The Balaban J connectivity index is 1.22. The van der Waals surface area contributed by atoms with Gasteiger partial charge in [-0.2, -0.15) is 0 Å². The van der Waals surface area contributed by atoms with Crippen molar-refractivity contribution in [3.8, 4) is 33.4 Å². The Hall–Kier alpha value is -5.92. The number of nitrogens with zero attached hydrogens (tertiary/aromatic N) is 1. The molecular weight excluding hydrogens is 591 g/mol. The van der Waals surface area contributed by atoms with Crippen LogP contribution in [0.4, 0.5) is 17.1 Å². The maximum absolute atomic E-state index is 2.46.